The van der Waals surface area contributed by atoms with Crippen LogP contribution in [-0.4, -0.2) is 40.4 Å². The summed E-state index contributed by atoms with van der Waals surface area (Å²) in [7, 11) is 0. The van der Waals surface area contributed by atoms with Gasteiger partial charge in [-0.2, -0.15) is 10.4 Å². The van der Waals surface area contributed by atoms with Crippen molar-refractivity contribution in [2.75, 3.05) is 6.54 Å². The zero-order valence-corrected chi connectivity index (χ0v) is 16.1. The highest BCUT2D eigenvalue weighted by Crippen LogP contribution is 2.35. The van der Waals surface area contributed by atoms with E-state index in [1.54, 1.807) is 23.0 Å². The summed E-state index contributed by atoms with van der Waals surface area (Å²) in [6, 6.07) is 6.40. The van der Waals surface area contributed by atoms with Crippen LogP contribution in [0.2, 0.25) is 0 Å². The van der Waals surface area contributed by atoms with Crippen molar-refractivity contribution in [2.45, 2.75) is 50.4 Å². The minimum absolute atomic E-state index is 0.127. The molecule has 1 aromatic carbocycles. The molecule has 0 unspecified atom stereocenters. The van der Waals surface area contributed by atoms with E-state index in [0.29, 0.717) is 36.2 Å². The van der Waals surface area contributed by atoms with Gasteiger partial charge in [0.1, 0.15) is 11.9 Å². The molecule has 1 aromatic heterocycles. The normalized spacial score (nSPS) is 23.7. The van der Waals surface area contributed by atoms with Gasteiger partial charge in [-0.25, -0.2) is 4.39 Å². The van der Waals surface area contributed by atoms with Crippen molar-refractivity contribution >= 4 is 5.91 Å². The van der Waals surface area contributed by atoms with Crippen LogP contribution in [0, 0.1) is 23.1 Å². The van der Waals surface area contributed by atoms with Gasteiger partial charge in [0.15, 0.2) is 0 Å². The number of nitrogens with two attached hydrogens (primary N) is 1. The molecule has 1 aliphatic carbocycles. The number of nitrogens with one attached hydrogen (secondary N) is 2. The molecule has 2 bridgehead atoms. The lowest BCUT2D eigenvalue weighted by Gasteiger charge is -2.23. The summed E-state index contributed by atoms with van der Waals surface area (Å²) in [6.07, 6.45) is 6.80. The Labute approximate surface area is 169 Å². The predicted octanol–water partition coefficient (Wildman–Crippen LogP) is 1.34. The van der Waals surface area contributed by atoms with Crippen molar-refractivity contribution in [2.24, 2.45) is 11.7 Å². The molecule has 1 saturated carbocycles. The molecule has 2 aromatic rings. The molecular weight excluding hydrogens is 371 g/mol. The maximum Gasteiger partial charge on any atom is 0.238 e. The molecule has 1 amide bonds. The van der Waals surface area contributed by atoms with E-state index in [1.165, 1.54) is 6.07 Å². The summed E-state index contributed by atoms with van der Waals surface area (Å²) in [5.74, 6) is -0.217. The third-order valence-corrected chi connectivity index (χ3v) is 5.92. The van der Waals surface area contributed by atoms with Crippen LogP contribution in [0.1, 0.15) is 24.8 Å². The lowest BCUT2D eigenvalue weighted by Crippen LogP contribution is -2.50. The highest BCUT2D eigenvalue weighted by molar-refractivity contribution is 5.83. The summed E-state index contributed by atoms with van der Waals surface area (Å²) in [5, 5.41) is 19.8. The van der Waals surface area contributed by atoms with Gasteiger partial charge >= 0.3 is 0 Å². The molecule has 1 saturated heterocycles. The van der Waals surface area contributed by atoms with Crippen molar-refractivity contribution in [1.29, 1.82) is 5.26 Å². The van der Waals surface area contributed by atoms with Crippen molar-refractivity contribution in [1.82, 2.24) is 20.4 Å². The van der Waals surface area contributed by atoms with Gasteiger partial charge in [0.05, 0.1) is 24.9 Å². The minimum atomic E-state index is -0.768. The SMILES string of the molecule is N#C[C@H](Cc1ccc(-c2cnn(CCN)c2)cc1F)NC(=O)[C@H]1N[C@@H]2CC[C@H]1C2. The summed E-state index contributed by atoms with van der Waals surface area (Å²) in [4.78, 5) is 12.5. The average Bonchev–Trinajstić information content (AvgIpc) is 3.46. The number of aromatic nitrogens is 2. The fraction of sp³-hybridized carbons (Fsp3) is 0.476. The highest BCUT2D eigenvalue weighted by atomic mass is 19.1. The highest BCUT2D eigenvalue weighted by Gasteiger charge is 2.43. The van der Waals surface area contributed by atoms with E-state index in [-0.39, 0.29) is 18.4 Å². The molecule has 4 N–H and O–H groups in total. The van der Waals surface area contributed by atoms with E-state index < -0.39 is 11.9 Å². The standard InChI is InChI=1S/C21H25FN6O/c22-19-9-13(16-11-25-28(12-16)6-5-23)1-2-14(19)7-18(10-24)27-21(29)20-15-3-4-17(8-15)26-20/h1-2,9,11-12,15,17-18,20,26H,3-8,23H2,(H,27,29)/t15-,17+,18-,20-/m0/s1. The van der Waals surface area contributed by atoms with E-state index in [1.807, 2.05) is 6.20 Å². The molecule has 4 atom stereocenters. The first-order valence-electron chi connectivity index (χ1n) is 10.0. The van der Waals surface area contributed by atoms with Crippen LogP contribution in [0.25, 0.3) is 11.1 Å². The largest absolute Gasteiger partial charge is 0.339 e. The first kappa shape index (κ1) is 19.6. The quantitative estimate of drug-likeness (QED) is 0.654. The molecule has 2 heterocycles. The predicted molar refractivity (Wildman–Crippen MR) is 106 cm³/mol. The maximum atomic E-state index is 14.7. The number of amides is 1. The van der Waals surface area contributed by atoms with Gasteiger partial charge in [0.25, 0.3) is 0 Å². The van der Waals surface area contributed by atoms with E-state index in [2.05, 4.69) is 21.8 Å². The van der Waals surface area contributed by atoms with Gasteiger partial charge < -0.3 is 16.4 Å². The molecule has 2 aliphatic rings. The Morgan fingerprint density at radius 2 is 2.31 bits per heavy atom. The van der Waals surface area contributed by atoms with Crippen LogP contribution in [0.5, 0.6) is 0 Å². The first-order valence-corrected chi connectivity index (χ1v) is 10.0. The number of hydrogen-bond acceptors (Lipinski definition) is 5. The van der Waals surface area contributed by atoms with E-state index in [0.717, 1.165) is 24.8 Å². The second kappa shape index (κ2) is 8.31. The number of carbonyl (C=O) groups excluding carboxylic acids is 1. The number of piperidine rings is 1. The Morgan fingerprint density at radius 1 is 1.45 bits per heavy atom. The molecule has 2 fully saturated rings. The number of benzene rings is 1. The fourth-order valence-electron chi connectivity index (χ4n) is 4.42. The van der Waals surface area contributed by atoms with Crippen molar-refractivity contribution in [3.8, 4) is 17.2 Å². The smallest absolute Gasteiger partial charge is 0.238 e. The van der Waals surface area contributed by atoms with Crippen LogP contribution in [0.3, 0.4) is 0 Å². The molecule has 1 aliphatic heterocycles. The minimum Gasteiger partial charge on any atom is -0.339 e. The average molecular weight is 396 g/mol. The maximum absolute atomic E-state index is 14.7. The number of nitrogens with zero attached hydrogens (tertiary/aromatic N) is 3. The number of carbonyl (C=O) groups is 1. The zero-order chi connectivity index (χ0) is 20.4. The van der Waals surface area contributed by atoms with Crippen LogP contribution in [0.15, 0.2) is 30.6 Å². The molecule has 0 spiro atoms. The topological polar surface area (TPSA) is 109 Å². The Balaban J connectivity index is 1.41. The third kappa shape index (κ3) is 4.16. The summed E-state index contributed by atoms with van der Waals surface area (Å²) in [6.45, 7) is 1.08. The van der Waals surface area contributed by atoms with Crippen LogP contribution < -0.4 is 16.4 Å². The number of fused-ring (bicyclic) bond motifs is 2. The van der Waals surface area contributed by atoms with Crippen LogP contribution in [0.4, 0.5) is 4.39 Å². The Kier molecular flexibility index (Phi) is 5.60. The number of nitriles is 1. The lowest BCUT2D eigenvalue weighted by molar-refractivity contribution is -0.124. The summed E-state index contributed by atoms with van der Waals surface area (Å²) in [5.41, 5.74) is 7.43. The van der Waals surface area contributed by atoms with Crippen molar-refractivity contribution < 1.29 is 9.18 Å². The van der Waals surface area contributed by atoms with Crippen LogP contribution >= 0.6 is 0 Å². The fourth-order valence-corrected chi connectivity index (χ4v) is 4.42. The molecule has 4 rings (SSSR count). The molecule has 0 radical (unpaired) electrons. The van der Waals surface area contributed by atoms with Gasteiger partial charge in [-0.15, -0.1) is 0 Å². The van der Waals surface area contributed by atoms with Crippen LogP contribution in [-0.2, 0) is 17.8 Å². The third-order valence-electron chi connectivity index (χ3n) is 5.92. The van der Waals surface area contributed by atoms with Gasteiger partial charge in [-0.1, -0.05) is 12.1 Å². The number of hydrogen-bond donors (Lipinski definition) is 3. The van der Waals surface area contributed by atoms with E-state index in [9.17, 15) is 14.4 Å². The summed E-state index contributed by atoms with van der Waals surface area (Å²) >= 11 is 0. The molecular formula is C21H25FN6O. The Morgan fingerprint density at radius 3 is 2.97 bits per heavy atom. The second-order valence-electron chi connectivity index (χ2n) is 7.90. The summed E-state index contributed by atoms with van der Waals surface area (Å²) < 4.78 is 16.4. The van der Waals surface area contributed by atoms with Gasteiger partial charge in [-0.3, -0.25) is 9.48 Å². The molecule has 29 heavy (non-hydrogen) atoms. The zero-order valence-electron chi connectivity index (χ0n) is 16.1. The van der Waals surface area contributed by atoms with Crippen molar-refractivity contribution in [3.05, 3.63) is 42.0 Å². The molecule has 7 nitrogen and oxygen atoms in total. The molecule has 152 valence electrons. The van der Waals surface area contributed by atoms with Gasteiger partial charge in [0.2, 0.25) is 5.91 Å². The Bertz CT molecular complexity index is 935. The monoisotopic (exact) mass is 396 g/mol. The Hall–Kier alpha value is -2.76. The number of halogens is 1. The lowest BCUT2D eigenvalue weighted by atomic mass is 9.98. The van der Waals surface area contributed by atoms with Gasteiger partial charge in [-0.05, 0) is 42.4 Å². The van der Waals surface area contributed by atoms with Crippen molar-refractivity contribution in [3.63, 3.8) is 0 Å². The second-order valence-corrected chi connectivity index (χ2v) is 7.90. The van der Waals surface area contributed by atoms with E-state index in [4.69, 9.17) is 5.73 Å². The van der Waals surface area contributed by atoms with E-state index >= 15 is 0 Å². The number of rotatable bonds is 7. The first-order chi connectivity index (χ1) is 14.1. The van der Waals surface area contributed by atoms with Gasteiger partial charge in [0, 0.05) is 30.8 Å². The molecule has 8 heteroatoms.